The van der Waals surface area contributed by atoms with Crippen molar-refractivity contribution in [3.8, 4) is 17.0 Å². The molecule has 10 heteroatoms. The van der Waals surface area contributed by atoms with Crippen molar-refractivity contribution in [2.45, 2.75) is 51.2 Å². The summed E-state index contributed by atoms with van der Waals surface area (Å²) in [5.41, 5.74) is 2.88. The zero-order valence-electron chi connectivity index (χ0n) is 19.0. The molecule has 2 aromatic heterocycles. The van der Waals surface area contributed by atoms with Crippen LogP contribution in [0, 0.1) is 0 Å². The number of aromatic nitrogens is 2. The quantitative estimate of drug-likeness (QED) is 0.511. The van der Waals surface area contributed by atoms with Crippen LogP contribution in [0.5, 0.6) is 5.75 Å². The Bertz CT molecular complexity index is 1350. The first-order valence-electron chi connectivity index (χ1n) is 11.8. The molecule has 0 radical (unpaired) electrons. The highest BCUT2D eigenvalue weighted by molar-refractivity contribution is 6.31. The number of carbonyl (C=O) groups is 3. The highest BCUT2D eigenvalue weighted by Gasteiger charge is 2.36. The number of likely N-dealkylation sites (tertiary alicyclic amines) is 2. The van der Waals surface area contributed by atoms with Crippen LogP contribution in [0.4, 0.5) is 0 Å². The molecule has 0 saturated carbocycles. The van der Waals surface area contributed by atoms with Crippen molar-refractivity contribution in [3.63, 3.8) is 0 Å². The molecular formula is C25H23ClN4O5. The van der Waals surface area contributed by atoms with E-state index in [4.69, 9.17) is 20.8 Å². The first-order valence-corrected chi connectivity index (χ1v) is 12.2. The van der Waals surface area contributed by atoms with Gasteiger partial charge in [-0.2, -0.15) is 0 Å². The molecule has 3 aliphatic rings. The molecule has 3 aromatic rings. The number of benzene rings is 1. The topological polar surface area (TPSA) is 106 Å². The molecule has 3 amide bonds. The molecule has 2 saturated heterocycles. The van der Waals surface area contributed by atoms with Gasteiger partial charge in [-0.3, -0.25) is 19.3 Å². The van der Waals surface area contributed by atoms with Crippen LogP contribution in [0.1, 0.15) is 43.4 Å². The summed E-state index contributed by atoms with van der Waals surface area (Å²) in [5, 5.41) is 0.500. The molecule has 2 fully saturated rings. The molecule has 0 bridgehead atoms. The number of halogens is 1. The van der Waals surface area contributed by atoms with Gasteiger partial charge < -0.3 is 14.1 Å². The van der Waals surface area contributed by atoms with Crippen LogP contribution in [-0.2, 0) is 27.3 Å². The SMILES string of the molecule is O=C(C1Cc2cc(Cl)cc(-c3ncnc4cc(CN5C(=O)CCC5=O)oc34)c2O1)N1CCCCC1. The van der Waals surface area contributed by atoms with Gasteiger partial charge in [-0.05, 0) is 31.4 Å². The molecule has 1 atom stereocenters. The molecule has 3 aliphatic heterocycles. The van der Waals surface area contributed by atoms with Crippen LogP contribution in [0.15, 0.2) is 28.9 Å². The van der Waals surface area contributed by atoms with Gasteiger partial charge in [0.15, 0.2) is 11.7 Å². The van der Waals surface area contributed by atoms with Gasteiger partial charge in [-0.25, -0.2) is 9.97 Å². The molecule has 5 heterocycles. The molecule has 9 nitrogen and oxygen atoms in total. The predicted molar refractivity (Wildman–Crippen MR) is 126 cm³/mol. The Kier molecular flexibility index (Phi) is 5.44. The molecule has 0 aliphatic carbocycles. The van der Waals surface area contributed by atoms with Crippen molar-refractivity contribution in [2.75, 3.05) is 13.1 Å². The van der Waals surface area contributed by atoms with E-state index in [1.807, 2.05) is 11.0 Å². The van der Waals surface area contributed by atoms with Gasteiger partial charge in [0, 0.05) is 54.6 Å². The minimum Gasteiger partial charge on any atom is -0.479 e. The fourth-order valence-electron chi connectivity index (χ4n) is 5.08. The first kappa shape index (κ1) is 22.0. The summed E-state index contributed by atoms with van der Waals surface area (Å²) >= 11 is 6.45. The van der Waals surface area contributed by atoms with E-state index in [1.54, 1.807) is 12.1 Å². The number of furan rings is 1. The van der Waals surface area contributed by atoms with E-state index in [0.717, 1.165) is 37.9 Å². The third-order valence-corrected chi connectivity index (χ3v) is 7.04. The number of nitrogens with zero attached hydrogens (tertiary/aromatic N) is 4. The van der Waals surface area contributed by atoms with Crippen LogP contribution < -0.4 is 4.74 Å². The van der Waals surface area contributed by atoms with Gasteiger partial charge in [0.05, 0.1) is 6.54 Å². The minimum absolute atomic E-state index is 0.00367. The highest BCUT2D eigenvalue weighted by atomic mass is 35.5. The van der Waals surface area contributed by atoms with Crippen LogP contribution >= 0.6 is 11.6 Å². The summed E-state index contributed by atoms with van der Waals surface area (Å²) in [6, 6.07) is 5.26. The molecule has 180 valence electrons. The summed E-state index contributed by atoms with van der Waals surface area (Å²) in [5.74, 6) is 0.561. The lowest BCUT2D eigenvalue weighted by Gasteiger charge is -2.28. The minimum atomic E-state index is -0.600. The molecule has 1 aromatic carbocycles. The fraction of sp³-hybridized carbons (Fsp3) is 0.400. The second-order valence-electron chi connectivity index (χ2n) is 9.16. The molecule has 35 heavy (non-hydrogen) atoms. The Morgan fingerprint density at radius 2 is 1.83 bits per heavy atom. The van der Waals surface area contributed by atoms with E-state index in [2.05, 4.69) is 9.97 Å². The van der Waals surface area contributed by atoms with Crippen molar-refractivity contribution in [1.29, 1.82) is 0 Å². The van der Waals surface area contributed by atoms with Crippen molar-refractivity contribution >= 4 is 40.4 Å². The van der Waals surface area contributed by atoms with Crippen molar-refractivity contribution < 1.29 is 23.5 Å². The fourth-order valence-corrected chi connectivity index (χ4v) is 5.33. The number of rotatable bonds is 4. The number of fused-ring (bicyclic) bond motifs is 2. The molecular weight excluding hydrogens is 472 g/mol. The average molecular weight is 495 g/mol. The third-order valence-electron chi connectivity index (χ3n) is 6.83. The van der Waals surface area contributed by atoms with Crippen LogP contribution in [0.3, 0.4) is 0 Å². The second kappa shape index (κ2) is 8.64. The smallest absolute Gasteiger partial charge is 0.263 e. The number of imide groups is 1. The van der Waals surface area contributed by atoms with Crippen molar-refractivity contribution in [3.05, 3.63) is 40.9 Å². The molecule has 0 spiro atoms. The van der Waals surface area contributed by atoms with E-state index in [9.17, 15) is 14.4 Å². The van der Waals surface area contributed by atoms with Gasteiger partial charge >= 0.3 is 0 Å². The number of carbonyl (C=O) groups excluding carboxylic acids is 3. The number of amides is 3. The van der Waals surface area contributed by atoms with E-state index in [-0.39, 0.29) is 37.1 Å². The largest absolute Gasteiger partial charge is 0.479 e. The highest BCUT2D eigenvalue weighted by Crippen LogP contribution is 2.43. The Morgan fingerprint density at radius 3 is 2.60 bits per heavy atom. The summed E-state index contributed by atoms with van der Waals surface area (Å²) < 4.78 is 12.2. The summed E-state index contributed by atoms with van der Waals surface area (Å²) in [7, 11) is 0. The predicted octanol–water partition coefficient (Wildman–Crippen LogP) is 3.51. The zero-order valence-corrected chi connectivity index (χ0v) is 19.7. The van der Waals surface area contributed by atoms with Crippen LogP contribution in [0.2, 0.25) is 5.02 Å². The monoisotopic (exact) mass is 494 g/mol. The maximum Gasteiger partial charge on any atom is 0.263 e. The van der Waals surface area contributed by atoms with Crippen molar-refractivity contribution in [1.82, 2.24) is 19.8 Å². The van der Waals surface area contributed by atoms with Crippen molar-refractivity contribution in [2.24, 2.45) is 0 Å². The summed E-state index contributed by atoms with van der Waals surface area (Å²) in [4.78, 5) is 49.0. The Morgan fingerprint density at radius 1 is 1.06 bits per heavy atom. The molecule has 0 N–H and O–H groups in total. The van der Waals surface area contributed by atoms with Gasteiger partial charge in [0.2, 0.25) is 11.8 Å². The van der Waals surface area contributed by atoms with Gasteiger partial charge in [0.1, 0.15) is 29.0 Å². The Balaban J connectivity index is 1.34. The Labute approximate surface area is 206 Å². The lowest BCUT2D eigenvalue weighted by atomic mass is 10.0. The van der Waals surface area contributed by atoms with Crippen LogP contribution in [0.25, 0.3) is 22.4 Å². The number of hydrogen-bond acceptors (Lipinski definition) is 7. The Hall–Kier alpha value is -3.46. The van der Waals surface area contributed by atoms with Gasteiger partial charge in [-0.1, -0.05) is 11.6 Å². The summed E-state index contributed by atoms with van der Waals surface area (Å²) in [6.07, 6.45) is 4.85. The lowest BCUT2D eigenvalue weighted by molar-refractivity contribution is -0.140. The number of piperidine rings is 1. The number of ether oxygens (including phenoxy) is 1. The maximum atomic E-state index is 13.1. The van der Waals surface area contributed by atoms with Crippen LogP contribution in [-0.4, -0.2) is 56.7 Å². The lowest BCUT2D eigenvalue weighted by Crippen LogP contribution is -2.43. The molecule has 1 unspecified atom stereocenters. The van der Waals surface area contributed by atoms with Gasteiger partial charge in [-0.15, -0.1) is 0 Å². The summed E-state index contributed by atoms with van der Waals surface area (Å²) in [6.45, 7) is 1.56. The standard InChI is InChI=1S/C25H23ClN4O5/c26-15-8-14-9-19(25(33)29-6-2-1-3-7-29)35-23(14)17(10-15)22-24-18(27-13-28-22)11-16(34-24)12-30-20(31)4-5-21(30)32/h8,10-11,13,19H,1-7,9,12H2. The number of hydrogen-bond donors (Lipinski definition) is 0. The zero-order chi connectivity index (χ0) is 24.1. The average Bonchev–Trinajstić information content (AvgIpc) is 3.56. The third kappa shape index (κ3) is 3.93. The van der Waals surface area contributed by atoms with Gasteiger partial charge in [0.25, 0.3) is 5.91 Å². The second-order valence-corrected chi connectivity index (χ2v) is 9.60. The van der Waals surface area contributed by atoms with E-state index >= 15 is 0 Å². The van der Waals surface area contributed by atoms with E-state index < -0.39 is 6.10 Å². The normalized spacial score (nSPS) is 20.0. The van der Waals surface area contributed by atoms with E-state index in [0.29, 0.717) is 45.3 Å². The van der Waals surface area contributed by atoms with E-state index in [1.165, 1.54) is 11.2 Å². The first-order chi connectivity index (χ1) is 17.0. The maximum absolute atomic E-state index is 13.1. The molecule has 6 rings (SSSR count).